The van der Waals surface area contributed by atoms with Gasteiger partial charge in [-0.1, -0.05) is 12.1 Å². The van der Waals surface area contributed by atoms with Crippen LogP contribution in [0.4, 0.5) is 0 Å². The highest BCUT2D eigenvalue weighted by Crippen LogP contribution is 2.20. The van der Waals surface area contributed by atoms with Gasteiger partial charge in [-0.3, -0.25) is 14.9 Å². The van der Waals surface area contributed by atoms with Gasteiger partial charge in [-0.15, -0.1) is 0 Å². The van der Waals surface area contributed by atoms with E-state index < -0.39 is 0 Å². The molecule has 1 heterocycles. The van der Waals surface area contributed by atoms with Gasteiger partial charge >= 0.3 is 0 Å². The molecule has 0 spiro atoms. The molecule has 0 unspecified atom stereocenters. The first-order valence-corrected chi connectivity index (χ1v) is 6.52. The predicted molar refractivity (Wildman–Crippen MR) is 70.9 cm³/mol. The zero-order chi connectivity index (χ0) is 13.7. The Hall–Kier alpha value is -1.59. The van der Waals surface area contributed by atoms with Gasteiger partial charge in [0, 0.05) is 12.5 Å². The van der Waals surface area contributed by atoms with E-state index >= 15 is 0 Å². The number of piperidine rings is 1. The van der Waals surface area contributed by atoms with Crippen LogP contribution in [-0.4, -0.2) is 36.2 Å². The third kappa shape index (κ3) is 3.68. The molecular formula is C14H20N2O3. The number of hydroxylamine groups is 1. The summed E-state index contributed by atoms with van der Waals surface area (Å²) in [5.74, 6) is 0.541. The maximum Gasteiger partial charge on any atom is 0.246 e. The maximum absolute atomic E-state index is 11.3. The number of rotatable bonds is 4. The Balaban J connectivity index is 1.86. The van der Waals surface area contributed by atoms with Crippen molar-refractivity contribution in [3.05, 3.63) is 29.8 Å². The fourth-order valence-corrected chi connectivity index (χ4v) is 2.47. The Morgan fingerprint density at radius 1 is 1.47 bits per heavy atom. The van der Waals surface area contributed by atoms with Gasteiger partial charge in [0.05, 0.1) is 7.11 Å². The van der Waals surface area contributed by atoms with E-state index in [1.54, 1.807) is 12.6 Å². The van der Waals surface area contributed by atoms with Crippen molar-refractivity contribution in [2.75, 3.05) is 20.2 Å². The summed E-state index contributed by atoms with van der Waals surface area (Å²) in [5.41, 5.74) is 2.95. The molecule has 1 amide bonds. The average Bonchev–Trinajstić information content (AvgIpc) is 2.47. The van der Waals surface area contributed by atoms with Crippen molar-refractivity contribution in [1.82, 2.24) is 10.4 Å². The molecular weight excluding hydrogens is 244 g/mol. The molecule has 1 aliphatic heterocycles. The van der Waals surface area contributed by atoms with E-state index in [0.29, 0.717) is 0 Å². The predicted octanol–water partition coefficient (Wildman–Crippen LogP) is 1.41. The summed E-state index contributed by atoms with van der Waals surface area (Å²) in [4.78, 5) is 13.6. The third-order valence-corrected chi connectivity index (χ3v) is 3.61. The zero-order valence-electron chi connectivity index (χ0n) is 11.1. The van der Waals surface area contributed by atoms with Crippen LogP contribution in [0.1, 0.15) is 18.4 Å². The Kier molecular flexibility index (Phi) is 4.76. The van der Waals surface area contributed by atoms with Crippen molar-refractivity contribution in [3.63, 3.8) is 0 Å². The van der Waals surface area contributed by atoms with Gasteiger partial charge in [0.2, 0.25) is 5.91 Å². The molecule has 1 aliphatic rings. The normalized spacial score (nSPS) is 17.2. The molecule has 1 saturated heterocycles. The summed E-state index contributed by atoms with van der Waals surface area (Å²) in [6.07, 6.45) is 1.58. The van der Waals surface area contributed by atoms with Crippen LogP contribution in [0.3, 0.4) is 0 Å². The number of likely N-dealkylation sites (tertiary alicyclic amines) is 1. The van der Waals surface area contributed by atoms with Gasteiger partial charge < -0.3 is 4.74 Å². The minimum atomic E-state index is -0.263. The van der Waals surface area contributed by atoms with Gasteiger partial charge in [-0.2, -0.15) is 0 Å². The van der Waals surface area contributed by atoms with Gasteiger partial charge in [0.25, 0.3) is 0 Å². The standard InChI is InChI=1S/C14H20N2O3/c1-19-13-4-2-3-11(9-13)10-16-7-5-12(6-8-16)14(17)15-18/h2-4,9,12,18H,5-8,10H2,1H3,(H,15,17). The van der Waals surface area contributed by atoms with Gasteiger partial charge in [-0.25, -0.2) is 5.48 Å². The van der Waals surface area contributed by atoms with Crippen LogP contribution < -0.4 is 10.2 Å². The first kappa shape index (κ1) is 13.8. The summed E-state index contributed by atoms with van der Waals surface area (Å²) < 4.78 is 5.21. The van der Waals surface area contributed by atoms with Crippen LogP contribution >= 0.6 is 0 Å². The number of ether oxygens (including phenoxy) is 1. The fraction of sp³-hybridized carbons (Fsp3) is 0.500. The number of nitrogens with one attached hydrogen (secondary N) is 1. The van der Waals surface area contributed by atoms with Gasteiger partial charge in [0.1, 0.15) is 5.75 Å². The Morgan fingerprint density at radius 3 is 2.84 bits per heavy atom. The molecule has 19 heavy (non-hydrogen) atoms. The monoisotopic (exact) mass is 264 g/mol. The van der Waals surface area contributed by atoms with E-state index in [0.717, 1.165) is 38.2 Å². The van der Waals surface area contributed by atoms with E-state index in [1.807, 2.05) is 18.2 Å². The lowest BCUT2D eigenvalue weighted by Crippen LogP contribution is -2.39. The second kappa shape index (κ2) is 6.54. The molecule has 104 valence electrons. The highest BCUT2D eigenvalue weighted by Gasteiger charge is 2.24. The van der Waals surface area contributed by atoms with Crippen molar-refractivity contribution in [2.45, 2.75) is 19.4 Å². The number of methoxy groups -OCH3 is 1. The molecule has 0 radical (unpaired) electrons. The molecule has 1 aromatic carbocycles. The van der Waals surface area contributed by atoms with Crippen molar-refractivity contribution in [2.24, 2.45) is 5.92 Å². The Bertz CT molecular complexity index is 428. The third-order valence-electron chi connectivity index (χ3n) is 3.61. The Morgan fingerprint density at radius 2 is 2.21 bits per heavy atom. The Labute approximate surface area is 113 Å². The molecule has 2 rings (SSSR count). The summed E-state index contributed by atoms with van der Waals surface area (Å²) in [5, 5.41) is 8.62. The topological polar surface area (TPSA) is 61.8 Å². The SMILES string of the molecule is COc1cccc(CN2CCC(C(=O)NO)CC2)c1. The molecule has 5 heteroatoms. The minimum Gasteiger partial charge on any atom is -0.497 e. The molecule has 0 aromatic heterocycles. The highest BCUT2D eigenvalue weighted by atomic mass is 16.5. The average molecular weight is 264 g/mol. The summed E-state index contributed by atoms with van der Waals surface area (Å²) in [6, 6.07) is 8.03. The summed E-state index contributed by atoms with van der Waals surface area (Å²) in [6.45, 7) is 2.61. The van der Waals surface area contributed by atoms with Crippen LogP contribution in [-0.2, 0) is 11.3 Å². The molecule has 0 saturated carbocycles. The summed E-state index contributed by atoms with van der Waals surface area (Å²) in [7, 11) is 1.66. The van der Waals surface area contributed by atoms with Gasteiger partial charge in [-0.05, 0) is 43.6 Å². The quantitative estimate of drug-likeness (QED) is 0.637. The molecule has 2 N–H and O–H groups in total. The largest absolute Gasteiger partial charge is 0.497 e. The molecule has 0 bridgehead atoms. The molecule has 0 atom stereocenters. The van der Waals surface area contributed by atoms with Crippen molar-refractivity contribution in [1.29, 1.82) is 0 Å². The lowest BCUT2D eigenvalue weighted by molar-refractivity contribution is -0.134. The van der Waals surface area contributed by atoms with Crippen molar-refractivity contribution >= 4 is 5.91 Å². The van der Waals surface area contributed by atoms with E-state index in [2.05, 4.69) is 11.0 Å². The zero-order valence-corrected chi connectivity index (χ0v) is 11.1. The number of carbonyl (C=O) groups excluding carboxylic acids is 1. The minimum absolute atomic E-state index is 0.0634. The van der Waals surface area contributed by atoms with Crippen molar-refractivity contribution in [3.8, 4) is 5.75 Å². The number of nitrogens with zero attached hydrogens (tertiary/aromatic N) is 1. The lowest BCUT2D eigenvalue weighted by atomic mass is 9.96. The van der Waals surface area contributed by atoms with Gasteiger partial charge in [0.15, 0.2) is 0 Å². The second-order valence-corrected chi connectivity index (χ2v) is 4.88. The number of amides is 1. The molecule has 0 aliphatic carbocycles. The summed E-state index contributed by atoms with van der Waals surface area (Å²) >= 11 is 0. The van der Waals surface area contributed by atoms with E-state index in [-0.39, 0.29) is 11.8 Å². The smallest absolute Gasteiger partial charge is 0.246 e. The highest BCUT2D eigenvalue weighted by molar-refractivity contribution is 5.77. The van der Waals surface area contributed by atoms with E-state index in [9.17, 15) is 4.79 Å². The second-order valence-electron chi connectivity index (χ2n) is 4.88. The van der Waals surface area contributed by atoms with Crippen LogP contribution in [0, 0.1) is 5.92 Å². The van der Waals surface area contributed by atoms with Crippen LogP contribution in [0.5, 0.6) is 5.75 Å². The fourth-order valence-electron chi connectivity index (χ4n) is 2.47. The first-order chi connectivity index (χ1) is 9.22. The first-order valence-electron chi connectivity index (χ1n) is 6.52. The number of hydrogen-bond acceptors (Lipinski definition) is 4. The number of hydrogen-bond donors (Lipinski definition) is 2. The lowest BCUT2D eigenvalue weighted by Gasteiger charge is -2.30. The maximum atomic E-state index is 11.3. The molecule has 1 fully saturated rings. The van der Waals surface area contributed by atoms with E-state index in [4.69, 9.17) is 9.94 Å². The molecule has 1 aromatic rings. The number of carbonyl (C=O) groups is 1. The van der Waals surface area contributed by atoms with Crippen LogP contribution in [0.25, 0.3) is 0 Å². The van der Waals surface area contributed by atoms with Crippen molar-refractivity contribution < 1.29 is 14.7 Å². The van der Waals surface area contributed by atoms with Crippen LogP contribution in [0.15, 0.2) is 24.3 Å². The number of benzene rings is 1. The van der Waals surface area contributed by atoms with E-state index in [1.165, 1.54) is 5.56 Å². The van der Waals surface area contributed by atoms with Crippen LogP contribution in [0.2, 0.25) is 0 Å². The molecule has 5 nitrogen and oxygen atoms in total.